The molecule has 2 amide bonds. The number of likely N-dealkylation sites (tertiary alicyclic amines) is 1. The fraction of sp³-hybridized carbons (Fsp3) is 0.680. The molecule has 4 rings (SSSR count). The van der Waals surface area contributed by atoms with E-state index >= 15 is 0 Å². The van der Waals surface area contributed by atoms with E-state index in [2.05, 4.69) is 5.32 Å². The first kappa shape index (κ1) is 24.2. The summed E-state index contributed by atoms with van der Waals surface area (Å²) in [6.07, 6.45) is 9.89. The molecule has 1 saturated carbocycles. The third kappa shape index (κ3) is 5.60. The van der Waals surface area contributed by atoms with Crippen LogP contribution >= 0.6 is 0 Å². The first-order valence-corrected chi connectivity index (χ1v) is 14.0. The van der Waals surface area contributed by atoms with Gasteiger partial charge in [-0.25, -0.2) is 8.42 Å². The molecular formula is C25H37N3O4S. The smallest absolute Gasteiger partial charge is 0.251 e. The van der Waals surface area contributed by atoms with Crippen molar-refractivity contribution in [1.82, 2.24) is 14.5 Å². The third-order valence-electron chi connectivity index (χ3n) is 7.56. The number of benzene rings is 1. The van der Waals surface area contributed by atoms with E-state index in [0.717, 1.165) is 57.8 Å². The molecule has 2 saturated heterocycles. The third-order valence-corrected chi connectivity index (χ3v) is 9.59. The Balaban J connectivity index is 1.30. The predicted octanol–water partition coefficient (Wildman–Crippen LogP) is 3.55. The molecule has 2 aliphatic heterocycles. The summed E-state index contributed by atoms with van der Waals surface area (Å²) in [6, 6.07) is 6.30. The lowest BCUT2D eigenvalue weighted by Gasteiger charge is -2.35. The normalized spacial score (nSPS) is 23.9. The predicted molar refractivity (Wildman–Crippen MR) is 127 cm³/mol. The lowest BCUT2D eigenvalue weighted by Crippen LogP contribution is -2.48. The van der Waals surface area contributed by atoms with Crippen LogP contribution in [0.3, 0.4) is 0 Å². The molecule has 182 valence electrons. The first-order valence-electron chi connectivity index (χ1n) is 12.6. The fourth-order valence-corrected chi connectivity index (χ4v) is 7.16. The van der Waals surface area contributed by atoms with Crippen LogP contribution in [-0.4, -0.2) is 61.2 Å². The number of carbonyl (C=O) groups is 2. The first-order chi connectivity index (χ1) is 15.9. The van der Waals surface area contributed by atoms with Crippen molar-refractivity contribution < 1.29 is 18.0 Å². The molecule has 0 spiro atoms. The number of rotatable bonds is 5. The van der Waals surface area contributed by atoms with Gasteiger partial charge in [0.2, 0.25) is 15.9 Å². The minimum Gasteiger partial charge on any atom is -0.349 e. The molecule has 7 nitrogen and oxygen atoms in total. The Morgan fingerprint density at radius 2 is 1.48 bits per heavy atom. The SMILES string of the molecule is CC1CCCCN1S(=O)(=O)c1ccc(C(=O)NC2CCN(C(=O)C3CCCCC3)CC2)cc1. The molecule has 1 aliphatic carbocycles. The largest absolute Gasteiger partial charge is 0.349 e. The van der Waals surface area contributed by atoms with Gasteiger partial charge in [-0.15, -0.1) is 0 Å². The van der Waals surface area contributed by atoms with Crippen molar-refractivity contribution >= 4 is 21.8 Å². The van der Waals surface area contributed by atoms with E-state index in [0.29, 0.717) is 31.1 Å². The van der Waals surface area contributed by atoms with E-state index in [9.17, 15) is 18.0 Å². The van der Waals surface area contributed by atoms with Crippen LogP contribution in [0.15, 0.2) is 29.2 Å². The maximum absolute atomic E-state index is 13.0. The van der Waals surface area contributed by atoms with Crippen LogP contribution in [0, 0.1) is 5.92 Å². The van der Waals surface area contributed by atoms with Crippen molar-refractivity contribution in [3.05, 3.63) is 29.8 Å². The van der Waals surface area contributed by atoms with Gasteiger partial charge in [-0.05, 0) is 69.7 Å². The fourth-order valence-electron chi connectivity index (χ4n) is 5.46. The van der Waals surface area contributed by atoms with Crippen molar-refractivity contribution in [2.75, 3.05) is 19.6 Å². The second-order valence-corrected chi connectivity index (χ2v) is 11.8. The van der Waals surface area contributed by atoms with Crippen molar-refractivity contribution in [2.24, 2.45) is 5.92 Å². The Morgan fingerprint density at radius 1 is 0.848 bits per heavy atom. The van der Waals surface area contributed by atoms with Gasteiger partial charge in [0.15, 0.2) is 0 Å². The lowest BCUT2D eigenvalue weighted by molar-refractivity contribution is -0.137. The molecule has 8 heteroatoms. The van der Waals surface area contributed by atoms with Crippen molar-refractivity contribution in [3.63, 3.8) is 0 Å². The maximum atomic E-state index is 13.0. The van der Waals surface area contributed by atoms with Gasteiger partial charge < -0.3 is 10.2 Å². The number of piperidine rings is 2. The minimum absolute atomic E-state index is 0.00240. The van der Waals surface area contributed by atoms with E-state index in [4.69, 9.17) is 0 Å². The van der Waals surface area contributed by atoms with Gasteiger partial charge in [0.05, 0.1) is 4.90 Å². The second-order valence-electron chi connectivity index (χ2n) is 9.89. The number of sulfonamides is 1. The second kappa shape index (κ2) is 10.6. The zero-order valence-electron chi connectivity index (χ0n) is 19.7. The Kier molecular flexibility index (Phi) is 7.74. The van der Waals surface area contributed by atoms with Crippen molar-refractivity contribution in [1.29, 1.82) is 0 Å². The van der Waals surface area contributed by atoms with Crippen molar-refractivity contribution in [2.45, 2.75) is 88.1 Å². The summed E-state index contributed by atoms with van der Waals surface area (Å²) in [6.45, 7) is 3.87. The van der Waals surface area contributed by atoms with Gasteiger partial charge in [0.1, 0.15) is 0 Å². The summed E-state index contributed by atoms with van der Waals surface area (Å²) in [4.78, 5) is 27.7. The Labute approximate surface area is 198 Å². The van der Waals surface area contributed by atoms with Crippen LogP contribution in [0.25, 0.3) is 0 Å². The van der Waals surface area contributed by atoms with Gasteiger partial charge >= 0.3 is 0 Å². The van der Waals surface area contributed by atoms with E-state index in [1.807, 2.05) is 11.8 Å². The highest BCUT2D eigenvalue weighted by molar-refractivity contribution is 7.89. The highest BCUT2D eigenvalue weighted by Gasteiger charge is 2.32. The molecule has 1 N–H and O–H groups in total. The molecule has 1 atom stereocenters. The van der Waals surface area contributed by atoms with Crippen LogP contribution in [0.1, 0.15) is 81.5 Å². The number of hydrogen-bond donors (Lipinski definition) is 1. The van der Waals surface area contributed by atoms with Crippen LogP contribution in [-0.2, 0) is 14.8 Å². The summed E-state index contributed by atoms with van der Waals surface area (Å²) in [7, 11) is -3.54. The van der Waals surface area contributed by atoms with Crippen LogP contribution in [0.2, 0.25) is 0 Å². The average molecular weight is 476 g/mol. The van der Waals surface area contributed by atoms with Gasteiger partial charge in [0, 0.05) is 43.2 Å². The summed E-state index contributed by atoms with van der Waals surface area (Å²) < 4.78 is 27.6. The molecule has 1 unspecified atom stereocenters. The topological polar surface area (TPSA) is 86.8 Å². The Hall–Kier alpha value is -1.93. The van der Waals surface area contributed by atoms with Gasteiger partial charge in [-0.3, -0.25) is 9.59 Å². The molecule has 1 aromatic carbocycles. The van der Waals surface area contributed by atoms with Crippen LogP contribution < -0.4 is 5.32 Å². The Morgan fingerprint density at radius 3 is 2.12 bits per heavy atom. The highest BCUT2D eigenvalue weighted by Crippen LogP contribution is 2.27. The van der Waals surface area contributed by atoms with Gasteiger partial charge in [-0.2, -0.15) is 4.31 Å². The summed E-state index contributed by atoms with van der Waals surface area (Å²) in [5.41, 5.74) is 0.460. The number of hydrogen-bond acceptors (Lipinski definition) is 4. The highest BCUT2D eigenvalue weighted by atomic mass is 32.2. The van der Waals surface area contributed by atoms with Gasteiger partial charge in [0.25, 0.3) is 5.91 Å². The number of nitrogens with one attached hydrogen (secondary N) is 1. The molecule has 33 heavy (non-hydrogen) atoms. The van der Waals surface area contributed by atoms with Crippen molar-refractivity contribution in [3.8, 4) is 0 Å². The standard InChI is InChI=1S/C25H37N3O4S/c1-19-7-5-6-16-28(19)33(31,32)23-12-10-20(11-13-23)24(29)26-22-14-17-27(18-15-22)25(30)21-8-3-2-4-9-21/h10-13,19,21-22H,2-9,14-18H2,1H3,(H,26,29). The van der Waals surface area contributed by atoms with Crippen LogP contribution in [0.4, 0.5) is 0 Å². The molecule has 1 aromatic rings. The molecule has 0 radical (unpaired) electrons. The van der Waals surface area contributed by atoms with E-state index in [1.165, 1.54) is 18.6 Å². The minimum atomic E-state index is -3.54. The molecular weight excluding hydrogens is 438 g/mol. The molecule has 2 heterocycles. The van der Waals surface area contributed by atoms with E-state index in [1.54, 1.807) is 16.4 Å². The summed E-state index contributed by atoms with van der Waals surface area (Å²) >= 11 is 0. The summed E-state index contributed by atoms with van der Waals surface area (Å²) in [5, 5.41) is 3.07. The number of nitrogens with zero attached hydrogens (tertiary/aromatic N) is 2. The number of carbonyl (C=O) groups excluding carboxylic acids is 2. The lowest BCUT2D eigenvalue weighted by atomic mass is 9.87. The average Bonchev–Trinajstić information content (AvgIpc) is 2.85. The zero-order chi connectivity index (χ0) is 23.4. The van der Waals surface area contributed by atoms with Crippen LogP contribution in [0.5, 0.6) is 0 Å². The molecule has 3 aliphatic rings. The van der Waals surface area contributed by atoms with E-state index in [-0.39, 0.29) is 28.8 Å². The Bertz CT molecular complexity index is 933. The summed E-state index contributed by atoms with van der Waals surface area (Å²) in [5.74, 6) is 0.286. The molecule has 0 aromatic heterocycles. The van der Waals surface area contributed by atoms with E-state index < -0.39 is 10.0 Å². The monoisotopic (exact) mass is 475 g/mol. The van der Waals surface area contributed by atoms with Gasteiger partial charge in [-0.1, -0.05) is 25.7 Å². The molecule has 0 bridgehead atoms. The maximum Gasteiger partial charge on any atom is 0.251 e. The number of amides is 2. The molecule has 3 fully saturated rings. The quantitative estimate of drug-likeness (QED) is 0.706. The zero-order valence-corrected chi connectivity index (χ0v) is 20.5.